The van der Waals surface area contributed by atoms with E-state index < -0.39 is 0 Å². The van der Waals surface area contributed by atoms with Crippen LogP contribution in [0, 0.1) is 24.7 Å². The molecule has 2 bridgehead atoms. The Kier molecular flexibility index (Phi) is 6.43. The summed E-state index contributed by atoms with van der Waals surface area (Å²) in [6, 6.07) is 3.97. The number of carbonyl (C=O) groups excluding carboxylic acids is 2. The Hall–Kier alpha value is -3.10. The van der Waals surface area contributed by atoms with Crippen molar-refractivity contribution in [3.8, 4) is 17.2 Å². The Bertz CT molecular complexity index is 1150. The minimum Gasteiger partial charge on any atom is -0.491 e. The van der Waals surface area contributed by atoms with E-state index in [1.54, 1.807) is 11.9 Å². The molecule has 4 aliphatic carbocycles. The van der Waals surface area contributed by atoms with Crippen LogP contribution in [0.5, 0.6) is 5.75 Å². The first-order valence-electron chi connectivity index (χ1n) is 12.8. The summed E-state index contributed by atoms with van der Waals surface area (Å²) < 4.78 is 22.3. The van der Waals surface area contributed by atoms with Gasteiger partial charge in [-0.05, 0) is 64.5 Å². The third-order valence-electron chi connectivity index (χ3n) is 8.47. The summed E-state index contributed by atoms with van der Waals surface area (Å²) in [7, 11) is 3.26. The van der Waals surface area contributed by atoms with E-state index in [1.807, 2.05) is 26.0 Å². The molecule has 0 radical (unpaired) electrons. The highest BCUT2D eigenvalue weighted by molar-refractivity contribution is 5.79. The van der Waals surface area contributed by atoms with Gasteiger partial charge in [-0.15, -0.1) is 0 Å². The predicted molar refractivity (Wildman–Crippen MR) is 130 cm³/mol. The van der Waals surface area contributed by atoms with Crippen molar-refractivity contribution in [3.05, 3.63) is 29.1 Å². The summed E-state index contributed by atoms with van der Waals surface area (Å²) in [5, 5.41) is 4.09. The highest BCUT2D eigenvalue weighted by Gasteiger charge is 2.65. The zero-order chi connectivity index (χ0) is 25.5. The van der Waals surface area contributed by atoms with E-state index in [0.29, 0.717) is 35.1 Å². The number of pyridine rings is 1. The van der Waals surface area contributed by atoms with Crippen LogP contribution in [-0.4, -0.2) is 53.9 Å². The number of rotatable bonds is 8. The van der Waals surface area contributed by atoms with Crippen LogP contribution >= 0.6 is 0 Å². The van der Waals surface area contributed by atoms with Gasteiger partial charge in [0, 0.05) is 18.5 Å². The lowest BCUT2D eigenvalue weighted by Gasteiger charge is -2.44. The minimum absolute atomic E-state index is 0.0457. The van der Waals surface area contributed by atoms with Gasteiger partial charge >= 0.3 is 12.1 Å². The van der Waals surface area contributed by atoms with Crippen molar-refractivity contribution in [1.29, 1.82) is 0 Å². The number of amides is 1. The van der Waals surface area contributed by atoms with E-state index in [-0.39, 0.29) is 35.5 Å². The van der Waals surface area contributed by atoms with Crippen molar-refractivity contribution in [2.24, 2.45) is 10.8 Å². The summed E-state index contributed by atoms with van der Waals surface area (Å²) in [5.41, 5.74) is 2.47. The van der Waals surface area contributed by atoms with Crippen LogP contribution < -0.4 is 4.74 Å². The molecular weight excluding hydrogens is 462 g/mol. The number of hydrogen-bond donors (Lipinski definition) is 0. The second kappa shape index (κ2) is 9.41. The van der Waals surface area contributed by atoms with Gasteiger partial charge in [-0.3, -0.25) is 4.79 Å². The molecule has 6 rings (SSSR count). The number of methoxy groups -OCH3 is 1. The number of aromatic nitrogens is 2. The summed E-state index contributed by atoms with van der Waals surface area (Å²) in [6.45, 7) is 4.36. The highest BCUT2D eigenvalue weighted by atomic mass is 16.6. The second-order valence-corrected chi connectivity index (χ2v) is 10.9. The largest absolute Gasteiger partial charge is 0.491 e. The van der Waals surface area contributed by atoms with Gasteiger partial charge in [0.2, 0.25) is 0 Å². The third kappa shape index (κ3) is 4.33. The second-order valence-electron chi connectivity index (χ2n) is 10.9. The number of ether oxygens (including phenoxy) is 3. The average molecular weight is 498 g/mol. The third-order valence-corrected chi connectivity index (χ3v) is 8.47. The van der Waals surface area contributed by atoms with Crippen molar-refractivity contribution < 1.29 is 28.3 Å². The topological polar surface area (TPSA) is 104 Å². The van der Waals surface area contributed by atoms with Gasteiger partial charge in [-0.2, -0.15) is 0 Å². The fraction of sp³-hybridized carbons (Fsp3) is 0.630. The SMILES string of the molecule is COC(=O)C12CCC(COc3ccc(-c4onc(C)c4COC(=O)N(C)C4CCCC4)nc3C)(C1)C2. The van der Waals surface area contributed by atoms with Gasteiger partial charge in [0.15, 0.2) is 5.76 Å². The van der Waals surface area contributed by atoms with Gasteiger partial charge in [0.25, 0.3) is 0 Å². The molecule has 1 amide bonds. The molecule has 0 spiro atoms. The Morgan fingerprint density at radius 2 is 1.89 bits per heavy atom. The van der Waals surface area contributed by atoms with Crippen LogP contribution in [0.15, 0.2) is 16.7 Å². The fourth-order valence-electron chi connectivity index (χ4n) is 6.37. The zero-order valence-electron chi connectivity index (χ0n) is 21.6. The van der Waals surface area contributed by atoms with E-state index in [0.717, 1.165) is 57.1 Å². The number of nitrogens with zero attached hydrogens (tertiary/aromatic N) is 3. The molecule has 4 fully saturated rings. The first-order valence-corrected chi connectivity index (χ1v) is 12.8. The lowest BCUT2D eigenvalue weighted by Crippen LogP contribution is -2.46. The van der Waals surface area contributed by atoms with Crippen LogP contribution in [0.4, 0.5) is 4.79 Å². The van der Waals surface area contributed by atoms with Crippen molar-refractivity contribution in [2.45, 2.75) is 77.9 Å². The Balaban J connectivity index is 1.22. The van der Waals surface area contributed by atoms with Gasteiger partial charge in [-0.25, -0.2) is 9.78 Å². The molecule has 0 N–H and O–H groups in total. The fourth-order valence-corrected chi connectivity index (χ4v) is 6.37. The maximum absolute atomic E-state index is 12.6. The van der Waals surface area contributed by atoms with Crippen molar-refractivity contribution in [3.63, 3.8) is 0 Å². The molecule has 0 saturated heterocycles. The molecule has 9 heteroatoms. The van der Waals surface area contributed by atoms with E-state index >= 15 is 0 Å². The Labute approximate surface area is 211 Å². The quantitative estimate of drug-likeness (QED) is 0.471. The van der Waals surface area contributed by atoms with Crippen molar-refractivity contribution >= 4 is 12.1 Å². The molecule has 2 aromatic rings. The summed E-state index contributed by atoms with van der Waals surface area (Å²) in [6.07, 6.45) is 7.51. The van der Waals surface area contributed by atoms with E-state index in [9.17, 15) is 9.59 Å². The molecule has 194 valence electrons. The minimum atomic E-state index is -0.333. The molecule has 4 saturated carbocycles. The number of fused-ring (bicyclic) bond motifs is 1. The molecule has 4 aliphatic rings. The molecule has 0 unspecified atom stereocenters. The van der Waals surface area contributed by atoms with Crippen LogP contribution in [0.2, 0.25) is 0 Å². The summed E-state index contributed by atoms with van der Waals surface area (Å²) in [4.78, 5) is 31.1. The molecule has 0 atom stereocenters. The molecule has 9 nitrogen and oxygen atoms in total. The number of carbonyl (C=O) groups is 2. The van der Waals surface area contributed by atoms with Crippen LogP contribution in [-0.2, 0) is 20.9 Å². The lowest BCUT2D eigenvalue weighted by molar-refractivity contribution is -0.161. The number of esters is 1. The van der Waals surface area contributed by atoms with Crippen LogP contribution in [0.25, 0.3) is 11.5 Å². The smallest absolute Gasteiger partial charge is 0.410 e. The van der Waals surface area contributed by atoms with Crippen LogP contribution in [0.1, 0.15) is 68.3 Å². The molecule has 0 aliphatic heterocycles. The molecule has 2 aromatic heterocycles. The predicted octanol–water partition coefficient (Wildman–Crippen LogP) is 4.98. The van der Waals surface area contributed by atoms with E-state index in [2.05, 4.69) is 5.16 Å². The normalized spacial score (nSPS) is 24.9. The molecular formula is C27H35N3O6. The molecule has 2 heterocycles. The maximum atomic E-state index is 12.6. The van der Waals surface area contributed by atoms with Gasteiger partial charge in [-0.1, -0.05) is 18.0 Å². The molecule has 36 heavy (non-hydrogen) atoms. The molecule has 0 aromatic carbocycles. The van der Waals surface area contributed by atoms with Gasteiger partial charge in [0.05, 0.1) is 36.1 Å². The number of aryl methyl sites for hydroxylation is 2. The van der Waals surface area contributed by atoms with Gasteiger partial charge < -0.3 is 23.6 Å². The Morgan fingerprint density at radius 3 is 2.58 bits per heavy atom. The first kappa shape index (κ1) is 24.6. The van der Waals surface area contributed by atoms with Crippen LogP contribution in [0.3, 0.4) is 0 Å². The van der Waals surface area contributed by atoms with Gasteiger partial charge in [0.1, 0.15) is 18.1 Å². The summed E-state index contributed by atoms with van der Waals surface area (Å²) in [5.74, 6) is 1.11. The summed E-state index contributed by atoms with van der Waals surface area (Å²) >= 11 is 0. The van der Waals surface area contributed by atoms with Crippen molar-refractivity contribution in [2.75, 3.05) is 20.8 Å². The van der Waals surface area contributed by atoms with Crippen molar-refractivity contribution in [1.82, 2.24) is 15.0 Å². The standard InChI is InChI=1S/C27H35N3O6/c1-17-20(13-34-25(32)30(3)19-7-5-6-8-19)23(36-29-17)21-9-10-22(18(2)28-21)35-16-26-11-12-27(14-26,15-26)24(31)33-4/h9-10,19H,5-8,11-16H2,1-4H3. The lowest BCUT2D eigenvalue weighted by atomic mass is 9.60. The monoisotopic (exact) mass is 497 g/mol. The maximum Gasteiger partial charge on any atom is 0.410 e. The van der Waals surface area contributed by atoms with E-state index in [4.69, 9.17) is 23.7 Å². The highest BCUT2D eigenvalue weighted by Crippen LogP contribution is 2.67. The van der Waals surface area contributed by atoms with E-state index in [1.165, 1.54) is 7.11 Å². The average Bonchev–Trinajstić information content (AvgIpc) is 3.64. The number of hydrogen-bond acceptors (Lipinski definition) is 8. The first-order chi connectivity index (χ1) is 17.3. The Morgan fingerprint density at radius 1 is 1.14 bits per heavy atom. The zero-order valence-corrected chi connectivity index (χ0v) is 21.6.